The minimum absolute atomic E-state index is 0.139. The molecule has 2 aromatic carbocycles. The Bertz CT molecular complexity index is 1180. The number of aromatic nitrogens is 4. The molecule has 0 bridgehead atoms. The Balaban J connectivity index is 1.85. The molecule has 3 N–H and O–H groups in total. The Labute approximate surface area is 161 Å². The summed E-state index contributed by atoms with van der Waals surface area (Å²) in [7, 11) is 0. The van der Waals surface area contributed by atoms with Gasteiger partial charge in [0, 0.05) is 10.9 Å². The maximum Gasteiger partial charge on any atom is 0.150 e. The number of nitriles is 1. The Morgan fingerprint density at radius 1 is 1.00 bits per heavy atom. The van der Waals surface area contributed by atoms with Gasteiger partial charge in [0.25, 0.3) is 0 Å². The number of nitrogens with two attached hydrogens (primary N) is 1. The van der Waals surface area contributed by atoms with Crippen LogP contribution in [0.2, 0.25) is 0 Å². The molecule has 0 fully saturated rings. The molecule has 0 saturated heterocycles. The van der Waals surface area contributed by atoms with Crippen molar-refractivity contribution in [3.63, 3.8) is 0 Å². The molecule has 0 radical (unpaired) electrons. The molecule has 2 aromatic heterocycles. The topological polar surface area (TPSA) is 113 Å². The molecule has 4 rings (SSSR count). The monoisotopic (exact) mass is 367 g/mol. The predicted octanol–water partition coefficient (Wildman–Crippen LogP) is 3.71. The van der Waals surface area contributed by atoms with E-state index < -0.39 is 0 Å². The van der Waals surface area contributed by atoms with Gasteiger partial charge in [-0.3, -0.25) is 0 Å². The van der Waals surface area contributed by atoms with Crippen molar-refractivity contribution in [1.29, 1.82) is 5.26 Å². The Morgan fingerprint density at radius 2 is 1.75 bits per heavy atom. The lowest BCUT2D eigenvalue weighted by molar-refractivity contribution is 0.804. The van der Waals surface area contributed by atoms with Gasteiger partial charge in [-0.15, -0.1) is 0 Å². The number of nitrogen functional groups attached to an aromatic ring is 1. The second-order valence-electron chi connectivity index (χ2n) is 6.30. The number of hydrogen-bond donors (Lipinski definition) is 2. The smallest absolute Gasteiger partial charge is 0.150 e. The van der Waals surface area contributed by atoms with E-state index in [0.717, 1.165) is 27.7 Å². The van der Waals surface area contributed by atoms with Crippen LogP contribution < -0.4 is 11.1 Å². The third-order valence-electron chi connectivity index (χ3n) is 4.51. The van der Waals surface area contributed by atoms with Crippen LogP contribution in [0.4, 0.5) is 11.6 Å². The van der Waals surface area contributed by atoms with Crippen LogP contribution in [0.3, 0.4) is 0 Å². The van der Waals surface area contributed by atoms with Crippen molar-refractivity contribution >= 4 is 22.5 Å². The first kappa shape index (κ1) is 17.4. The lowest BCUT2D eigenvalue weighted by Gasteiger charge is -2.19. The summed E-state index contributed by atoms with van der Waals surface area (Å²) in [6.07, 6.45) is 1.33. The van der Waals surface area contributed by atoms with Crippen molar-refractivity contribution in [3.05, 3.63) is 72.2 Å². The third kappa shape index (κ3) is 3.08. The molecular formula is C21H17N7. The van der Waals surface area contributed by atoms with E-state index in [-0.39, 0.29) is 17.4 Å². The highest BCUT2D eigenvalue weighted by Gasteiger charge is 2.20. The Kier molecular flexibility index (Phi) is 4.52. The fourth-order valence-electron chi connectivity index (χ4n) is 3.17. The molecule has 7 heteroatoms. The molecule has 0 aliphatic carbocycles. The SMILES string of the molecule is C[C@@H](Nc1ncnc(N)c1C#N)c1nnc2ccccc2c1-c1ccccc1. The highest BCUT2D eigenvalue weighted by molar-refractivity contribution is 5.95. The summed E-state index contributed by atoms with van der Waals surface area (Å²) in [6, 6.07) is 19.7. The summed E-state index contributed by atoms with van der Waals surface area (Å²) in [5, 5.41) is 22.5. The molecule has 0 aliphatic rings. The molecule has 1 atom stereocenters. The normalized spacial score (nSPS) is 11.7. The summed E-state index contributed by atoms with van der Waals surface area (Å²) in [4.78, 5) is 8.04. The van der Waals surface area contributed by atoms with Gasteiger partial charge in [-0.1, -0.05) is 48.5 Å². The average molecular weight is 367 g/mol. The highest BCUT2D eigenvalue weighted by Crippen LogP contribution is 2.34. The van der Waals surface area contributed by atoms with Gasteiger partial charge < -0.3 is 11.1 Å². The molecule has 0 aliphatic heterocycles. The average Bonchev–Trinajstić information content (AvgIpc) is 2.73. The van der Waals surface area contributed by atoms with Crippen molar-refractivity contribution < 1.29 is 0 Å². The van der Waals surface area contributed by atoms with Gasteiger partial charge in [-0.2, -0.15) is 15.5 Å². The van der Waals surface area contributed by atoms with Gasteiger partial charge in [0.05, 0.1) is 17.3 Å². The van der Waals surface area contributed by atoms with Crippen LogP contribution in [-0.4, -0.2) is 20.2 Å². The van der Waals surface area contributed by atoms with Crippen molar-refractivity contribution in [3.8, 4) is 17.2 Å². The zero-order valence-electron chi connectivity index (χ0n) is 15.2. The van der Waals surface area contributed by atoms with E-state index in [4.69, 9.17) is 5.73 Å². The maximum atomic E-state index is 9.38. The lowest BCUT2D eigenvalue weighted by Crippen LogP contribution is -2.14. The molecular weight excluding hydrogens is 350 g/mol. The Morgan fingerprint density at radius 3 is 2.54 bits per heavy atom. The van der Waals surface area contributed by atoms with Gasteiger partial charge in [-0.05, 0) is 18.6 Å². The second kappa shape index (κ2) is 7.29. The van der Waals surface area contributed by atoms with Crippen LogP contribution in [0.5, 0.6) is 0 Å². The van der Waals surface area contributed by atoms with Gasteiger partial charge >= 0.3 is 0 Å². The fourth-order valence-corrected chi connectivity index (χ4v) is 3.17. The van der Waals surface area contributed by atoms with Crippen LogP contribution in [0.15, 0.2) is 60.9 Å². The molecule has 4 aromatic rings. The molecule has 28 heavy (non-hydrogen) atoms. The molecule has 0 unspecified atom stereocenters. The van der Waals surface area contributed by atoms with Crippen molar-refractivity contribution in [2.45, 2.75) is 13.0 Å². The van der Waals surface area contributed by atoms with Crippen molar-refractivity contribution in [2.75, 3.05) is 11.1 Å². The largest absolute Gasteiger partial charge is 0.382 e. The first-order chi connectivity index (χ1) is 13.7. The quantitative estimate of drug-likeness (QED) is 0.565. The van der Waals surface area contributed by atoms with Crippen LogP contribution >= 0.6 is 0 Å². The molecule has 136 valence electrons. The molecule has 0 spiro atoms. The summed E-state index contributed by atoms with van der Waals surface area (Å²) in [6.45, 7) is 1.95. The first-order valence-electron chi connectivity index (χ1n) is 8.77. The number of rotatable bonds is 4. The van der Waals surface area contributed by atoms with Gasteiger partial charge in [0.15, 0.2) is 0 Å². The number of fused-ring (bicyclic) bond motifs is 1. The fraction of sp³-hybridized carbons (Fsp3) is 0.0952. The zero-order chi connectivity index (χ0) is 19.5. The summed E-state index contributed by atoms with van der Waals surface area (Å²) in [5.41, 5.74) is 9.62. The standard InChI is InChI=1S/C21H17N7/c1-13(26-21-16(11-22)20(23)24-12-25-21)19-18(14-7-3-2-4-8-14)15-9-5-6-10-17(15)27-28-19/h2-10,12-13H,1H3,(H3,23,24,25,26)/t13-/m1/s1. The highest BCUT2D eigenvalue weighted by atomic mass is 15.1. The van der Waals surface area contributed by atoms with E-state index in [9.17, 15) is 5.26 Å². The van der Waals surface area contributed by atoms with Crippen molar-refractivity contribution in [2.24, 2.45) is 0 Å². The van der Waals surface area contributed by atoms with Crippen molar-refractivity contribution in [1.82, 2.24) is 20.2 Å². The minimum atomic E-state index is -0.270. The van der Waals surface area contributed by atoms with Gasteiger partial charge in [0.2, 0.25) is 0 Å². The summed E-state index contributed by atoms with van der Waals surface area (Å²) >= 11 is 0. The Hall–Kier alpha value is -4.05. The van der Waals surface area contributed by atoms with Gasteiger partial charge in [0.1, 0.15) is 29.6 Å². The van der Waals surface area contributed by atoms with E-state index in [0.29, 0.717) is 5.82 Å². The van der Waals surface area contributed by atoms with Crippen LogP contribution in [0.1, 0.15) is 24.2 Å². The van der Waals surface area contributed by atoms with E-state index in [1.54, 1.807) is 0 Å². The van der Waals surface area contributed by atoms with Crippen LogP contribution in [-0.2, 0) is 0 Å². The predicted molar refractivity (Wildman–Crippen MR) is 108 cm³/mol. The zero-order valence-corrected chi connectivity index (χ0v) is 15.2. The number of hydrogen-bond acceptors (Lipinski definition) is 7. The molecule has 7 nitrogen and oxygen atoms in total. The number of benzene rings is 2. The molecule has 2 heterocycles. The van der Waals surface area contributed by atoms with Gasteiger partial charge in [-0.25, -0.2) is 9.97 Å². The summed E-state index contributed by atoms with van der Waals surface area (Å²) in [5.74, 6) is 0.511. The summed E-state index contributed by atoms with van der Waals surface area (Å²) < 4.78 is 0. The van der Waals surface area contributed by atoms with E-state index >= 15 is 0 Å². The number of anilines is 2. The van der Waals surface area contributed by atoms with E-state index in [1.807, 2.05) is 67.6 Å². The lowest BCUT2D eigenvalue weighted by atomic mass is 9.96. The second-order valence-corrected chi connectivity index (χ2v) is 6.30. The molecule has 0 saturated carbocycles. The van der Waals surface area contributed by atoms with Crippen LogP contribution in [0.25, 0.3) is 22.0 Å². The minimum Gasteiger partial charge on any atom is -0.382 e. The van der Waals surface area contributed by atoms with E-state index in [1.165, 1.54) is 6.33 Å². The van der Waals surface area contributed by atoms with E-state index in [2.05, 4.69) is 25.5 Å². The third-order valence-corrected chi connectivity index (χ3v) is 4.51. The molecule has 0 amide bonds. The number of nitrogens with one attached hydrogen (secondary N) is 1. The van der Waals surface area contributed by atoms with Crippen LogP contribution in [0, 0.1) is 11.3 Å². The maximum absolute atomic E-state index is 9.38. The first-order valence-corrected chi connectivity index (χ1v) is 8.77. The number of nitrogens with zero attached hydrogens (tertiary/aromatic N) is 5.